The number of carbonyl (C=O) groups is 1. The molecule has 0 aromatic rings. The van der Waals surface area contributed by atoms with E-state index in [4.69, 9.17) is 5.11 Å². The molecule has 0 saturated heterocycles. The second-order valence-corrected chi connectivity index (χ2v) is 10.0. The van der Waals surface area contributed by atoms with E-state index in [9.17, 15) is 4.79 Å². The molecule has 26 heavy (non-hydrogen) atoms. The second kappa shape index (κ2) is 25.3. The van der Waals surface area contributed by atoms with Crippen molar-refractivity contribution in [2.75, 3.05) is 18.1 Å². The van der Waals surface area contributed by atoms with E-state index >= 15 is 0 Å². The van der Waals surface area contributed by atoms with Crippen LogP contribution in [0.4, 0.5) is 0 Å². The summed E-state index contributed by atoms with van der Waals surface area (Å²) in [5.41, 5.74) is 0. The molecule has 1 N–H and O–H groups in total. The lowest BCUT2D eigenvalue weighted by molar-refractivity contribution is -0.107. The predicted molar refractivity (Wildman–Crippen MR) is 121 cm³/mol. The van der Waals surface area contributed by atoms with Crippen molar-refractivity contribution in [2.24, 2.45) is 0 Å². The van der Waals surface area contributed by atoms with Gasteiger partial charge in [-0.25, -0.2) is 0 Å². The van der Waals surface area contributed by atoms with Gasteiger partial charge in [0.25, 0.3) is 0 Å². The molecule has 0 aromatic heterocycles. The number of unbranched alkanes of at least 4 members (excludes halogenated alkanes) is 16. The summed E-state index contributed by atoms with van der Waals surface area (Å²) in [5, 5.41) is 8.72. The number of aldehydes is 1. The van der Waals surface area contributed by atoms with Gasteiger partial charge in [0.15, 0.2) is 0 Å². The fourth-order valence-corrected chi connectivity index (χ4v) is 5.37. The average molecular weight is 405 g/mol. The Balaban J connectivity index is 2.96. The van der Waals surface area contributed by atoms with Gasteiger partial charge in [-0.3, -0.25) is 0 Å². The van der Waals surface area contributed by atoms with Crippen LogP contribution in [0.15, 0.2) is 0 Å². The minimum Gasteiger partial charge on any atom is -0.396 e. The zero-order chi connectivity index (χ0) is 19.0. The zero-order valence-corrected chi connectivity index (χ0v) is 18.7. The number of carbonyl (C=O) groups excluding carboxylic acids is 1. The molecule has 4 heteroatoms. The molecule has 0 bridgehead atoms. The summed E-state index contributed by atoms with van der Waals surface area (Å²) in [6.07, 6.45) is 24.1. The molecule has 0 aromatic carbocycles. The van der Waals surface area contributed by atoms with E-state index in [0.29, 0.717) is 6.61 Å². The second-order valence-electron chi connectivity index (χ2n) is 7.33. The molecule has 0 amide bonds. The first-order chi connectivity index (χ1) is 12.9. The van der Waals surface area contributed by atoms with Crippen LogP contribution in [0, 0.1) is 0 Å². The third kappa shape index (κ3) is 24.3. The Labute approximate surface area is 171 Å². The van der Waals surface area contributed by atoms with Crippen LogP contribution in [0.2, 0.25) is 0 Å². The third-order valence-electron chi connectivity index (χ3n) is 4.77. The minimum absolute atomic E-state index is 0.361. The maximum absolute atomic E-state index is 10.2. The summed E-state index contributed by atoms with van der Waals surface area (Å²) in [6, 6.07) is 0. The molecule has 0 atom stereocenters. The highest BCUT2D eigenvalue weighted by Crippen LogP contribution is 2.25. The minimum atomic E-state index is 0.361. The summed E-state index contributed by atoms with van der Waals surface area (Å²) in [5.74, 6) is 2.64. The van der Waals surface area contributed by atoms with E-state index < -0.39 is 0 Å². The van der Waals surface area contributed by atoms with Gasteiger partial charge in [0.2, 0.25) is 0 Å². The van der Waals surface area contributed by atoms with Crippen molar-refractivity contribution < 1.29 is 9.90 Å². The highest BCUT2D eigenvalue weighted by Gasteiger charge is 1.96. The van der Waals surface area contributed by atoms with Gasteiger partial charge in [0, 0.05) is 24.5 Å². The molecule has 156 valence electrons. The third-order valence-corrected chi connectivity index (χ3v) is 7.35. The molecule has 0 rings (SSSR count). The molecule has 0 heterocycles. The molecule has 0 radical (unpaired) electrons. The summed E-state index contributed by atoms with van der Waals surface area (Å²) < 4.78 is 0. The van der Waals surface area contributed by atoms with Crippen LogP contribution in [0.1, 0.15) is 116 Å². The Morgan fingerprint density at radius 3 is 1.23 bits per heavy atom. The Kier molecular flexibility index (Phi) is 25.7. The first-order valence-corrected chi connectivity index (χ1v) is 13.7. The Hall–Kier alpha value is 0.330. The van der Waals surface area contributed by atoms with Crippen LogP contribution in [-0.4, -0.2) is 29.5 Å². The Bertz CT molecular complexity index is 263. The van der Waals surface area contributed by atoms with Gasteiger partial charge >= 0.3 is 0 Å². The van der Waals surface area contributed by atoms with Crippen LogP contribution in [0.25, 0.3) is 0 Å². The molecular formula is C22H44O2S2. The van der Waals surface area contributed by atoms with Crippen molar-refractivity contribution >= 4 is 27.9 Å². The summed E-state index contributed by atoms with van der Waals surface area (Å²) >= 11 is 0. The molecule has 2 nitrogen and oxygen atoms in total. The van der Waals surface area contributed by atoms with E-state index in [1.54, 1.807) is 0 Å². The molecule has 0 saturated carbocycles. The van der Waals surface area contributed by atoms with Gasteiger partial charge in [0.1, 0.15) is 6.29 Å². The predicted octanol–water partition coefficient (Wildman–Crippen LogP) is 7.58. The van der Waals surface area contributed by atoms with Gasteiger partial charge in [-0.15, -0.1) is 0 Å². The quantitative estimate of drug-likeness (QED) is 0.108. The van der Waals surface area contributed by atoms with Crippen molar-refractivity contribution in [3.05, 3.63) is 0 Å². The van der Waals surface area contributed by atoms with Gasteiger partial charge in [-0.1, -0.05) is 105 Å². The van der Waals surface area contributed by atoms with Crippen molar-refractivity contribution in [1.82, 2.24) is 0 Å². The molecule has 0 spiro atoms. The molecule has 0 aliphatic heterocycles. The normalized spacial score (nSPS) is 11.1. The number of aliphatic hydroxyl groups is 1. The molecule has 0 aliphatic carbocycles. The number of hydrogen-bond acceptors (Lipinski definition) is 4. The van der Waals surface area contributed by atoms with Gasteiger partial charge < -0.3 is 9.90 Å². The van der Waals surface area contributed by atoms with E-state index in [-0.39, 0.29) is 0 Å². The number of aliphatic hydroxyl groups excluding tert-OH is 1. The first-order valence-electron chi connectivity index (χ1n) is 11.2. The van der Waals surface area contributed by atoms with Crippen LogP contribution >= 0.6 is 21.6 Å². The van der Waals surface area contributed by atoms with E-state index in [0.717, 1.165) is 25.5 Å². The average Bonchev–Trinajstić information content (AvgIpc) is 2.66. The van der Waals surface area contributed by atoms with Crippen molar-refractivity contribution in [3.8, 4) is 0 Å². The fraction of sp³-hybridized carbons (Fsp3) is 0.955. The standard InChI is InChI=1S/C22H44O2S2/c23-19-15-11-7-3-1-5-9-13-17-21-25-26-22-18-14-10-6-2-4-8-12-16-20-24/h19,24H,1-18,20-22H2. The monoisotopic (exact) mass is 404 g/mol. The summed E-state index contributed by atoms with van der Waals surface area (Å²) in [6.45, 7) is 0.361. The molecule has 0 unspecified atom stereocenters. The molecule has 0 aliphatic rings. The molecule has 0 fully saturated rings. The highest BCUT2D eigenvalue weighted by atomic mass is 33.1. The fourth-order valence-electron chi connectivity index (χ4n) is 3.08. The van der Waals surface area contributed by atoms with E-state index in [1.165, 1.54) is 108 Å². The van der Waals surface area contributed by atoms with Crippen LogP contribution in [0.5, 0.6) is 0 Å². The first kappa shape index (κ1) is 26.3. The summed E-state index contributed by atoms with van der Waals surface area (Å²) in [4.78, 5) is 10.2. The van der Waals surface area contributed by atoms with Crippen LogP contribution < -0.4 is 0 Å². The largest absolute Gasteiger partial charge is 0.396 e. The van der Waals surface area contributed by atoms with Gasteiger partial charge in [-0.2, -0.15) is 0 Å². The van der Waals surface area contributed by atoms with Crippen molar-refractivity contribution in [3.63, 3.8) is 0 Å². The number of rotatable bonds is 23. The lowest BCUT2D eigenvalue weighted by Crippen LogP contribution is -1.85. The van der Waals surface area contributed by atoms with E-state index in [2.05, 4.69) is 21.6 Å². The Morgan fingerprint density at radius 2 is 0.846 bits per heavy atom. The van der Waals surface area contributed by atoms with Gasteiger partial charge in [-0.05, 0) is 25.7 Å². The maximum atomic E-state index is 10.2. The van der Waals surface area contributed by atoms with E-state index in [1.807, 2.05) is 0 Å². The zero-order valence-electron chi connectivity index (χ0n) is 17.1. The van der Waals surface area contributed by atoms with Gasteiger partial charge in [0.05, 0.1) is 0 Å². The maximum Gasteiger partial charge on any atom is 0.119 e. The molecular weight excluding hydrogens is 360 g/mol. The Morgan fingerprint density at radius 1 is 0.500 bits per heavy atom. The number of hydrogen-bond donors (Lipinski definition) is 1. The van der Waals surface area contributed by atoms with Crippen molar-refractivity contribution in [2.45, 2.75) is 116 Å². The summed E-state index contributed by atoms with van der Waals surface area (Å²) in [7, 11) is 4.15. The highest BCUT2D eigenvalue weighted by molar-refractivity contribution is 8.76. The SMILES string of the molecule is O=CCCCCCCCCCCSSCCCCCCCCCCCO. The van der Waals surface area contributed by atoms with Crippen LogP contribution in [-0.2, 0) is 4.79 Å². The topological polar surface area (TPSA) is 37.3 Å². The lowest BCUT2D eigenvalue weighted by Gasteiger charge is -2.03. The van der Waals surface area contributed by atoms with Crippen LogP contribution in [0.3, 0.4) is 0 Å². The smallest absolute Gasteiger partial charge is 0.119 e. The lowest BCUT2D eigenvalue weighted by atomic mass is 10.1. The van der Waals surface area contributed by atoms with Crippen molar-refractivity contribution in [1.29, 1.82) is 0 Å².